The fourth-order valence-corrected chi connectivity index (χ4v) is 8.42. The Morgan fingerprint density at radius 3 is 1.40 bits per heavy atom. The minimum Gasteiger partial charge on any atom is -0.496 e. The Kier molecular flexibility index (Phi) is 18.8. The van der Waals surface area contributed by atoms with Gasteiger partial charge in [-0.1, -0.05) is 94.2 Å². The zero-order valence-electron chi connectivity index (χ0n) is 34.7. The summed E-state index contributed by atoms with van der Waals surface area (Å²) in [5.74, 6) is 2.14. The first kappa shape index (κ1) is 48.1. The van der Waals surface area contributed by atoms with Crippen molar-refractivity contribution in [2.75, 3.05) is 39.4 Å². The average Bonchev–Trinajstić information content (AvgIpc) is 3.70. The van der Waals surface area contributed by atoms with Crippen molar-refractivity contribution in [1.82, 2.24) is 0 Å². The number of ether oxygens (including phenoxy) is 6. The van der Waals surface area contributed by atoms with Gasteiger partial charge in [0.1, 0.15) is 47.3 Å². The Morgan fingerprint density at radius 1 is 0.709 bits per heavy atom. The molecular weight excluding hydrogens is 797 g/mol. The van der Waals surface area contributed by atoms with Gasteiger partial charge in [-0.05, 0) is 68.3 Å². The summed E-state index contributed by atoms with van der Waals surface area (Å²) in [6.07, 6.45) is 7.15. The molecule has 2 heterocycles. The number of rotatable bonds is 18. The number of halogens is 1. The second-order valence-corrected chi connectivity index (χ2v) is 28.0. The van der Waals surface area contributed by atoms with Crippen LogP contribution in [0.4, 0.5) is 0 Å². The summed E-state index contributed by atoms with van der Waals surface area (Å²) >= 11 is 3.54. The van der Waals surface area contributed by atoms with Gasteiger partial charge in [0.2, 0.25) is 0 Å². The van der Waals surface area contributed by atoms with Crippen molar-refractivity contribution in [3.8, 4) is 23.0 Å². The van der Waals surface area contributed by atoms with Gasteiger partial charge in [-0.2, -0.15) is 0 Å². The van der Waals surface area contributed by atoms with E-state index in [0.29, 0.717) is 55.3 Å². The van der Waals surface area contributed by atoms with Crippen molar-refractivity contribution in [1.29, 1.82) is 0 Å². The first-order valence-electron chi connectivity index (χ1n) is 19.0. The van der Waals surface area contributed by atoms with Gasteiger partial charge in [-0.25, -0.2) is 9.59 Å². The van der Waals surface area contributed by atoms with Crippen LogP contribution < -0.4 is 18.9 Å². The molecule has 0 fully saturated rings. The maximum absolute atomic E-state index is 12.4. The number of cyclic esters (lactones) is 2. The van der Waals surface area contributed by atoms with Gasteiger partial charge in [0.15, 0.2) is 0 Å². The number of alkyl halides is 1. The van der Waals surface area contributed by atoms with Crippen molar-refractivity contribution < 1.29 is 43.1 Å². The third kappa shape index (κ3) is 12.5. The van der Waals surface area contributed by atoms with Crippen LogP contribution in [0.3, 0.4) is 0 Å². The maximum Gasteiger partial charge on any atom is 0.342 e. The van der Waals surface area contributed by atoms with E-state index in [1.165, 1.54) is 5.57 Å². The molecule has 2 aromatic rings. The quantitative estimate of drug-likeness (QED) is 0.0678. The van der Waals surface area contributed by atoms with Gasteiger partial charge in [0, 0.05) is 43.7 Å². The van der Waals surface area contributed by atoms with Crippen LogP contribution in [-0.4, -0.2) is 72.6 Å². The van der Waals surface area contributed by atoms with Crippen LogP contribution in [0.15, 0.2) is 23.3 Å². The molecule has 2 aliphatic heterocycles. The second kappa shape index (κ2) is 21.5. The molecular formula is C43H67BrO9Si2. The molecule has 308 valence electrons. The molecule has 0 radical (unpaired) electrons. The van der Waals surface area contributed by atoms with E-state index in [9.17, 15) is 14.7 Å². The molecule has 1 N–H and O–H groups in total. The van der Waals surface area contributed by atoms with E-state index in [0.717, 1.165) is 80.7 Å². The van der Waals surface area contributed by atoms with Crippen LogP contribution in [0.2, 0.25) is 51.4 Å². The summed E-state index contributed by atoms with van der Waals surface area (Å²) in [5, 5.41) is 10.3. The van der Waals surface area contributed by atoms with Gasteiger partial charge in [-0.3, -0.25) is 0 Å². The van der Waals surface area contributed by atoms with Crippen molar-refractivity contribution in [3.05, 3.63) is 67.8 Å². The van der Waals surface area contributed by atoms with Crippen molar-refractivity contribution >= 4 is 44.0 Å². The molecule has 9 nitrogen and oxygen atoms in total. The summed E-state index contributed by atoms with van der Waals surface area (Å²) < 4.78 is 34.5. The molecule has 12 heteroatoms. The van der Waals surface area contributed by atoms with Crippen molar-refractivity contribution in [2.24, 2.45) is 0 Å². The Bertz CT molecular complexity index is 1580. The minimum absolute atomic E-state index is 0. The number of esters is 2. The summed E-state index contributed by atoms with van der Waals surface area (Å²) in [6.45, 7) is 23.7. The van der Waals surface area contributed by atoms with Crippen LogP contribution in [-0.2, 0) is 35.5 Å². The highest BCUT2D eigenvalue weighted by Gasteiger charge is 2.35. The predicted molar refractivity (Wildman–Crippen MR) is 233 cm³/mol. The lowest BCUT2D eigenvalue weighted by Gasteiger charge is -2.21. The number of aliphatic hydroxyl groups is 1. The number of carbonyl (C=O) groups excluding carboxylic acids is 2. The van der Waals surface area contributed by atoms with E-state index < -0.39 is 16.1 Å². The third-order valence-corrected chi connectivity index (χ3v) is 14.1. The summed E-state index contributed by atoms with van der Waals surface area (Å²) in [7, 11) is 0.803. The second-order valence-electron chi connectivity index (χ2n) is 16.2. The molecule has 2 aliphatic rings. The highest BCUT2D eigenvalue weighted by molar-refractivity contribution is 9.09. The predicted octanol–water partition coefficient (Wildman–Crippen LogP) is 10.6. The Balaban J connectivity index is 0.000000373. The number of carbonyl (C=O) groups is 2. The molecule has 2 aromatic carbocycles. The van der Waals surface area contributed by atoms with Gasteiger partial charge >= 0.3 is 11.9 Å². The summed E-state index contributed by atoms with van der Waals surface area (Å²) in [6, 6.07) is 2.03. The van der Waals surface area contributed by atoms with Crippen LogP contribution >= 0.6 is 15.9 Å². The van der Waals surface area contributed by atoms with Crippen LogP contribution in [0, 0.1) is 13.8 Å². The highest BCUT2D eigenvalue weighted by atomic mass is 79.9. The summed E-state index contributed by atoms with van der Waals surface area (Å²) in [4.78, 5) is 24.9. The standard InChI is InChI=1S/C21H31BrO4Si.C21H32O5Si.CH4/c2*1-7-15(12-22)8-9-16-19(24-3)14(2)17-13-26-21(23)18(17)20(16)25-10-11-27(4,5)6;/h8H,7,9-13H2,1-6H3;8,22H,7,9-13H2,1-6H3;1H4/b2*15-8+;. The Labute approximate surface area is 341 Å². The lowest BCUT2D eigenvalue weighted by molar-refractivity contribution is 0.0522. The van der Waals surface area contributed by atoms with E-state index in [2.05, 4.69) is 68.2 Å². The maximum atomic E-state index is 12.4. The molecule has 0 atom stereocenters. The first-order valence-corrected chi connectivity index (χ1v) is 27.6. The molecule has 4 rings (SSSR count). The minimum atomic E-state index is -1.27. The fourth-order valence-electron chi connectivity index (χ4n) is 6.36. The number of benzene rings is 2. The molecule has 0 saturated heterocycles. The first-order chi connectivity index (χ1) is 25.5. The molecule has 0 amide bonds. The number of aliphatic hydroxyl groups excluding tert-OH is 1. The van der Waals surface area contributed by atoms with E-state index >= 15 is 0 Å². The average molecular weight is 864 g/mol. The van der Waals surface area contributed by atoms with Crippen molar-refractivity contribution in [2.45, 2.75) is 125 Å². The van der Waals surface area contributed by atoms with Crippen LogP contribution in [0.5, 0.6) is 23.0 Å². The smallest absolute Gasteiger partial charge is 0.342 e. The zero-order valence-corrected chi connectivity index (χ0v) is 38.3. The molecule has 55 heavy (non-hydrogen) atoms. The zero-order chi connectivity index (χ0) is 40.4. The normalized spacial score (nSPS) is 13.9. The van der Waals surface area contributed by atoms with Crippen molar-refractivity contribution in [3.63, 3.8) is 0 Å². The van der Waals surface area contributed by atoms with Gasteiger partial charge in [-0.15, -0.1) is 0 Å². The van der Waals surface area contributed by atoms with E-state index in [4.69, 9.17) is 28.4 Å². The van der Waals surface area contributed by atoms with Crippen LogP contribution in [0.25, 0.3) is 0 Å². The monoisotopic (exact) mass is 862 g/mol. The largest absolute Gasteiger partial charge is 0.496 e. The Morgan fingerprint density at radius 2 is 1.09 bits per heavy atom. The number of hydrogen-bond acceptors (Lipinski definition) is 9. The topological polar surface area (TPSA) is 110 Å². The molecule has 0 spiro atoms. The number of hydrogen-bond donors (Lipinski definition) is 1. The van der Waals surface area contributed by atoms with Gasteiger partial charge < -0.3 is 33.5 Å². The fraction of sp³-hybridized carbons (Fsp3) is 0.581. The SMILES string of the molecule is C.CC/C(=C\Cc1c(OC)c(C)c2c(c1OCC[Si](C)(C)C)C(=O)OC2)CBr.CC/C(=C\Cc1c(OC)c(C)c2c(c1OCC[Si](C)(C)C)C(=O)OC2)CO. The summed E-state index contributed by atoms with van der Waals surface area (Å²) in [5.41, 5.74) is 8.81. The number of methoxy groups -OCH3 is 2. The van der Waals surface area contributed by atoms with Gasteiger partial charge in [0.05, 0.1) is 34.0 Å². The van der Waals surface area contributed by atoms with Crippen LogP contribution in [0.1, 0.15) is 88.2 Å². The van der Waals surface area contributed by atoms with E-state index in [-0.39, 0.29) is 32.6 Å². The number of fused-ring (bicyclic) bond motifs is 2. The molecule has 0 saturated carbocycles. The Hall–Kier alpha value is -3.07. The van der Waals surface area contributed by atoms with E-state index in [1.54, 1.807) is 14.2 Å². The highest BCUT2D eigenvalue weighted by Crippen LogP contribution is 2.44. The number of allylic oxidation sites excluding steroid dienone is 3. The van der Waals surface area contributed by atoms with E-state index in [1.807, 2.05) is 26.8 Å². The lowest BCUT2D eigenvalue weighted by Crippen LogP contribution is -2.23. The third-order valence-electron chi connectivity index (χ3n) is 9.92. The molecule has 0 unspecified atom stereocenters. The lowest BCUT2D eigenvalue weighted by atomic mass is 9.94. The molecule has 0 aliphatic carbocycles. The molecule has 0 bridgehead atoms. The molecule has 0 aromatic heterocycles. The van der Waals surface area contributed by atoms with Gasteiger partial charge in [0.25, 0.3) is 0 Å².